The summed E-state index contributed by atoms with van der Waals surface area (Å²) in [5, 5.41) is 14.6. The third kappa shape index (κ3) is 8.35. The van der Waals surface area contributed by atoms with Gasteiger partial charge in [-0.3, -0.25) is 4.79 Å². The first-order valence-corrected chi connectivity index (χ1v) is 6.95. The number of carbonyl (C=O) groups excluding carboxylic acids is 1. The monoisotopic (exact) mass is 264 g/mol. The van der Waals surface area contributed by atoms with Crippen molar-refractivity contribution in [2.24, 2.45) is 0 Å². The zero-order chi connectivity index (χ0) is 13.8. The molecule has 1 amide bonds. The summed E-state index contributed by atoms with van der Waals surface area (Å²) in [7, 11) is 0. The number of hydrogen-bond acceptors (Lipinski definition) is 3. The zero-order valence-corrected chi connectivity index (χ0v) is 11.4. The van der Waals surface area contributed by atoms with Crippen LogP contribution in [0.5, 0.6) is 0 Å². The Morgan fingerprint density at radius 2 is 1.84 bits per heavy atom. The maximum atomic E-state index is 11.5. The van der Waals surface area contributed by atoms with E-state index in [-0.39, 0.29) is 12.5 Å². The number of hydrogen-bond donors (Lipinski definition) is 3. The second-order valence-corrected chi connectivity index (χ2v) is 4.52. The first kappa shape index (κ1) is 15.7. The molecule has 0 aliphatic heterocycles. The van der Waals surface area contributed by atoms with Gasteiger partial charge in [0.2, 0.25) is 5.91 Å². The maximum Gasteiger partial charge on any atom is 0.220 e. The molecule has 0 radical (unpaired) electrons. The summed E-state index contributed by atoms with van der Waals surface area (Å²) in [5.74, 6) is 0.111. The number of rotatable bonds is 10. The minimum Gasteiger partial charge on any atom is -0.396 e. The van der Waals surface area contributed by atoms with E-state index in [9.17, 15) is 4.79 Å². The van der Waals surface area contributed by atoms with Crippen molar-refractivity contribution in [2.45, 2.75) is 25.7 Å². The van der Waals surface area contributed by atoms with Crippen LogP contribution in [0.25, 0.3) is 0 Å². The van der Waals surface area contributed by atoms with E-state index in [0.717, 1.165) is 32.4 Å². The van der Waals surface area contributed by atoms with Gasteiger partial charge in [0.25, 0.3) is 0 Å². The molecule has 0 aliphatic rings. The molecule has 106 valence electrons. The fourth-order valence-corrected chi connectivity index (χ4v) is 1.81. The SMILES string of the molecule is O=C(CCCc1ccccc1)NCCNCCCO. The molecule has 0 saturated heterocycles. The topological polar surface area (TPSA) is 61.4 Å². The number of aliphatic hydroxyl groups is 1. The first-order chi connectivity index (χ1) is 9.33. The average molecular weight is 264 g/mol. The molecule has 0 spiro atoms. The van der Waals surface area contributed by atoms with Crippen LogP contribution in [-0.4, -0.2) is 37.3 Å². The molecule has 0 aliphatic carbocycles. The second-order valence-electron chi connectivity index (χ2n) is 4.52. The largest absolute Gasteiger partial charge is 0.396 e. The predicted molar refractivity (Wildman–Crippen MR) is 77.0 cm³/mol. The molecule has 4 heteroatoms. The van der Waals surface area contributed by atoms with Crippen LogP contribution >= 0.6 is 0 Å². The zero-order valence-electron chi connectivity index (χ0n) is 11.4. The minimum absolute atomic E-state index is 0.111. The van der Waals surface area contributed by atoms with Gasteiger partial charge in [0.15, 0.2) is 0 Å². The summed E-state index contributed by atoms with van der Waals surface area (Å²) in [4.78, 5) is 11.5. The molecule has 1 aromatic rings. The Balaban J connectivity index is 1.96. The Labute approximate surface area is 115 Å². The Morgan fingerprint density at radius 1 is 1.05 bits per heavy atom. The van der Waals surface area contributed by atoms with Gasteiger partial charge < -0.3 is 15.7 Å². The molecule has 19 heavy (non-hydrogen) atoms. The van der Waals surface area contributed by atoms with E-state index in [4.69, 9.17) is 5.11 Å². The standard InChI is InChI=1S/C15H24N2O2/c18-13-5-10-16-11-12-17-15(19)9-4-8-14-6-2-1-3-7-14/h1-3,6-7,16,18H,4-5,8-13H2,(H,17,19). The Morgan fingerprint density at radius 3 is 2.58 bits per heavy atom. The van der Waals surface area contributed by atoms with Crippen molar-refractivity contribution < 1.29 is 9.90 Å². The molecular weight excluding hydrogens is 240 g/mol. The average Bonchev–Trinajstić information content (AvgIpc) is 2.44. The van der Waals surface area contributed by atoms with Crippen molar-refractivity contribution in [2.75, 3.05) is 26.2 Å². The quantitative estimate of drug-likeness (QED) is 0.555. The molecule has 0 fully saturated rings. The number of amides is 1. The van der Waals surface area contributed by atoms with Crippen LogP contribution in [0.2, 0.25) is 0 Å². The fraction of sp³-hybridized carbons (Fsp3) is 0.533. The highest BCUT2D eigenvalue weighted by Crippen LogP contribution is 2.04. The van der Waals surface area contributed by atoms with Crippen molar-refractivity contribution >= 4 is 5.91 Å². The molecule has 3 N–H and O–H groups in total. The number of aryl methyl sites for hydroxylation is 1. The molecule has 0 unspecified atom stereocenters. The molecule has 0 atom stereocenters. The van der Waals surface area contributed by atoms with E-state index >= 15 is 0 Å². The third-order valence-electron chi connectivity index (χ3n) is 2.85. The molecule has 0 saturated carbocycles. The van der Waals surface area contributed by atoms with E-state index in [1.54, 1.807) is 0 Å². The summed E-state index contributed by atoms with van der Waals surface area (Å²) in [5.41, 5.74) is 1.28. The van der Waals surface area contributed by atoms with Gasteiger partial charge in [-0.25, -0.2) is 0 Å². The molecule has 0 bridgehead atoms. The number of benzene rings is 1. The third-order valence-corrected chi connectivity index (χ3v) is 2.85. The molecular formula is C15H24N2O2. The van der Waals surface area contributed by atoms with Crippen molar-refractivity contribution in [1.29, 1.82) is 0 Å². The lowest BCUT2D eigenvalue weighted by Crippen LogP contribution is -2.32. The van der Waals surface area contributed by atoms with E-state index in [1.807, 2.05) is 18.2 Å². The minimum atomic E-state index is 0.111. The van der Waals surface area contributed by atoms with Crippen molar-refractivity contribution in [3.63, 3.8) is 0 Å². The van der Waals surface area contributed by atoms with Gasteiger partial charge in [-0.1, -0.05) is 30.3 Å². The molecule has 1 aromatic carbocycles. The fourth-order valence-electron chi connectivity index (χ4n) is 1.81. The van der Waals surface area contributed by atoms with Gasteiger partial charge >= 0.3 is 0 Å². The van der Waals surface area contributed by atoms with Crippen LogP contribution in [0.1, 0.15) is 24.8 Å². The van der Waals surface area contributed by atoms with Crippen molar-refractivity contribution in [3.05, 3.63) is 35.9 Å². The predicted octanol–water partition coefficient (Wildman–Crippen LogP) is 1.10. The Bertz CT molecular complexity index is 341. The highest BCUT2D eigenvalue weighted by molar-refractivity contribution is 5.75. The second kappa shape index (κ2) is 10.5. The Hall–Kier alpha value is -1.39. The van der Waals surface area contributed by atoms with Crippen LogP contribution in [0.3, 0.4) is 0 Å². The Kier molecular flexibility index (Phi) is 8.68. The van der Waals surface area contributed by atoms with E-state index in [0.29, 0.717) is 13.0 Å². The highest BCUT2D eigenvalue weighted by Gasteiger charge is 2.00. The van der Waals surface area contributed by atoms with Crippen LogP contribution in [0, 0.1) is 0 Å². The van der Waals surface area contributed by atoms with Gasteiger partial charge in [0.1, 0.15) is 0 Å². The normalized spacial score (nSPS) is 10.4. The van der Waals surface area contributed by atoms with Gasteiger partial charge in [-0.15, -0.1) is 0 Å². The lowest BCUT2D eigenvalue weighted by molar-refractivity contribution is -0.121. The lowest BCUT2D eigenvalue weighted by Gasteiger charge is -2.06. The van der Waals surface area contributed by atoms with Crippen LogP contribution in [0.15, 0.2) is 30.3 Å². The lowest BCUT2D eigenvalue weighted by atomic mass is 10.1. The smallest absolute Gasteiger partial charge is 0.220 e. The maximum absolute atomic E-state index is 11.5. The van der Waals surface area contributed by atoms with Crippen molar-refractivity contribution in [3.8, 4) is 0 Å². The summed E-state index contributed by atoms with van der Waals surface area (Å²) in [6, 6.07) is 10.2. The molecule has 0 heterocycles. The van der Waals surface area contributed by atoms with Crippen LogP contribution < -0.4 is 10.6 Å². The van der Waals surface area contributed by atoms with Crippen LogP contribution in [-0.2, 0) is 11.2 Å². The van der Waals surface area contributed by atoms with Gasteiger partial charge in [0.05, 0.1) is 0 Å². The summed E-state index contributed by atoms with van der Waals surface area (Å²) in [6.07, 6.45) is 3.16. The number of aliphatic hydroxyl groups excluding tert-OH is 1. The van der Waals surface area contributed by atoms with E-state index < -0.39 is 0 Å². The van der Waals surface area contributed by atoms with Crippen LogP contribution in [0.4, 0.5) is 0 Å². The van der Waals surface area contributed by atoms with Gasteiger partial charge in [0, 0.05) is 26.1 Å². The highest BCUT2D eigenvalue weighted by atomic mass is 16.3. The number of nitrogens with one attached hydrogen (secondary N) is 2. The molecule has 1 rings (SSSR count). The summed E-state index contributed by atoms with van der Waals surface area (Å²) in [6.45, 7) is 2.40. The summed E-state index contributed by atoms with van der Waals surface area (Å²) >= 11 is 0. The first-order valence-electron chi connectivity index (χ1n) is 6.95. The summed E-state index contributed by atoms with van der Waals surface area (Å²) < 4.78 is 0. The van der Waals surface area contributed by atoms with E-state index in [2.05, 4.69) is 22.8 Å². The van der Waals surface area contributed by atoms with Gasteiger partial charge in [-0.05, 0) is 31.4 Å². The molecule has 0 aromatic heterocycles. The molecule has 4 nitrogen and oxygen atoms in total. The van der Waals surface area contributed by atoms with E-state index in [1.165, 1.54) is 5.56 Å². The van der Waals surface area contributed by atoms with Gasteiger partial charge in [-0.2, -0.15) is 0 Å². The van der Waals surface area contributed by atoms with Crippen molar-refractivity contribution in [1.82, 2.24) is 10.6 Å². The number of carbonyl (C=O) groups is 1.